The van der Waals surface area contributed by atoms with E-state index in [1.165, 1.54) is 64.2 Å². The number of hydrogen-bond acceptors (Lipinski definition) is 5. The lowest BCUT2D eigenvalue weighted by atomic mass is 9.79. The van der Waals surface area contributed by atoms with Gasteiger partial charge in [0.05, 0.1) is 38.0 Å². The highest BCUT2D eigenvalue weighted by Crippen LogP contribution is 2.36. The van der Waals surface area contributed by atoms with Crippen molar-refractivity contribution in [2.24, 2.45) is 28.8 Å². The molecule has 1 amide bonds. The van der Waals surface area contributed by atoms with Crippen molar-refractivity contribution in [2.75, 3.05) is 13.2 Å². The Kier molecular flexibility index (Phi) is 33.2. The number of nitrogens with zero attached hydrogens (tertiary/aromatic N) is 3. The Morgan fingerprint density at radius 3 is 1.62 bits per heavy atom. The molecule has 1 aliphatic rings. The average molecular weight is 966 g/mol. The molecule has 0 aliphatic carbocycles. The van der Waals surface area contributed by atoms with Crippen LogP contribution in [0.4, 0.5) is 0 Å². The second-order valence-corrected chi connectivity index (χ2v) is 16.5. The first kappa shape index (κ1) is 57.7. The molecule has 8 nitrogen and oxygen atoms in total. The van der Waals surface area contributed by atoms with Gasteiger partial charge in [0.15, 0.2) is 6.29 Å². The van der Waals surface area contributed by atoms with Crippen LogP contribution in [0.2, 0.25) is 0 Å². The zero-order valence-electron chi connectivity index (χ0n) is 41.3. The number of rotatable bonds is 24. The van der Waals surface area contributed by atoms with E-state index < -0.39 is 24.3 Å². The third-order valence-electron chi connectivity index (χ3n) is 11.4. The number of ether oxygens (including phenoxy) is 3. The van der Waals surface area contributed by atoms with Crippen molar-refractivity contribution < 1.29 is 53.2 Å². The third-order valence-corrected chi connectivity index (χ3v) is 11.4. The van der Waals surface area contributed by atoms with Crippen LogP contribution < -0.4 is 5.32 Å². The van der Waals surface area contributed by atoms with Gasteiger partial charge in [-0.05, 0) is 137 Å². The summed E-state index contributed by atoms with van der Waals surface area (Å²) in [7, 11) is 0. The number of carbonyl (C=O) groups excluding carboxylic acids is 1. The summed E-state index contributed by atoms with van der Waals surface area (Å²) in [6.07, 6.45) is 14.9. The molecule has 1 aromatic rings. The smallest absolute Gasteiger partial charge is 0.297 e. The fourth-order valence-electron chi connectivity index (χ4n) is 7.32. The van der Waals surface area contributed by atoms with Crippen molar-refractivity contribution >= 4 is 5.91 Å². The fourth-order valence-corrected chi connectivity index (χ4v) is 7.32. The molecule has 0 spiro atoms. The highest BCUT2D eigenvalue weighted by molar-refractivity contribution is 5.94. The maximum absolute atomic E-state index is 13.5. The van der Waals surface area contributed by atoms with Crippen LogP contribution in [-0.4, -0.2) is 43.6 Å². The van der Waals surface area contributed by atoms with Gasteiger partial charge in [0.25, 0.3) is 5.91 Å². The van der Waals surface area contributed by atoms with Crippen molar-refractivity contribution in [3.8, 4) is 142 Å². The van der Waals surface area contributed by atoms with Gasteiger partial charge in [-0.15, -0.1) is 0 Å². The van der Waals surface area contributed by atoms with Gasteiger partial charge in [0.2, 0.25) is 0 Å². The predicted molar refractivity (Wildman–Crippen MR) is 328 cm³/mol. The van der Waals surface area contributed by atoms with Crippen molar-refractivity contribution in [1.82, 2.24) is 5.32 Å². The van der Waals surface area contributed by atoms with Crippen LogP contribution in [0.5, 0.6) is 0 Å². The van der Waals surface area contributed by atoms with Gasteiger partial charge in [-0.1, -0.05) is 153 Å². The molecule has 0 aromatic heterocycles. The minimum absolute atomic E-state index is 0. The molecule has 0 radical (unpaired) electrons. The van der Waals surface area contributed by atoms with Gasteiger partial charge in [-0.2, -0.15) is 0 Å². The van der Waals surface area contributed by atoms with Gasteiger partial charge in [-0.3, -0.25) is 4.79 Å². The molecule has 1 aromatic carbocycles. The van der Waals surface area contributed by atoms with Gasteiger partial charge >= 0.3 is 0 Å². The summed E-state index contributed by atoms with van der Waals surface area (Å²) in [4.78, 5) is 16.4. The minimum atomic E-state index is -0.579. The number of azide groups is 1. The zero-order valence-corrected chi connectivity index (χ0v) is 41.3. The van der Waals surface area contributed by atoms with E-state index in [-0.39, 0.29) is 77.2 Å². The van der Waals surface area contributed by atoms with E-state index in [9.17, 15) is 4.79 Å². The van der Waals surface area contributed by atoms with E-state index in [0.29, 0.717) is 6.61 Å². The fraction of sp³-hybridized carbons (Fsp3) is 0.492. The molecule has 8 heteroatoms. The maximum atomic E-state index is 13.5. The molecule has 400 valence electrons. The lowest BCUT2D eigenvalue weighted by Gasteiger charge is -2.43. The van der Waals surface area contributed by atoms with Crippen molar-refractivity contribution in [3.05, 3.63) is 46.3 Å². The molecular formula is C61H112N4O4. The summed E-state index contributed by atoms with van der Waals surface area (Å²) in [5, 5.41) is 6.90. The lowest BCUT2D eigenvalue weighted by Crippen LogP contribution is -2.52. The molecule has 1 fully saturated rings. The SMILES string of the molecule is CC#CC#CC#CC#CC#CC#CC#CC#CC#CC#CC#CC#CC(=O)N[C@@H](CO[C@H]1OC(CN=[N+]=[N-])[C@H](C)[C@H](C)C1C)[C@H](OCc1ccccc1)[C@H](C)CCCCCCCCCCCCCC.[HH].[HH].[HH].[HH].[HH].[HH].[HH].[HH].[HH].[HH].[HH].[HH].[HH].[HH].[HH].[HH].[HH].[HH].[HH].[HH].[HH].[HH].[HH].[HH]. The largest absolute Gasteiger partial charge is 0.371 e. The Hall–Kier alpha value is -7.40. The zero-order chi connectivity index (χ0) is 49.8. The van der Waals surface area contributed by atoms with Crippen LogP contribution in [0.25, 0.3) is 10.4 Å². The van der Waals surface area contributed by atoms with Crippen molar-refractivity contribution in [1.29, 1.82) is 0 Å². The molecule has 0 bridgehead atoms. The third kappa shape index (κ3) is 28.4. The molecule has 2 rings (SSSR count). The molecule has 0 saturated carbocycles. The first-order valence-corrected chi connectivity index (χ1v) is 24.0. The topological polar surface area (TPSA) is 106 Å². The average Bonchev–Trinajstić information content (AvgIpc) is 3.35. The highest BCUT2D eigenvalue weighted by Gasteiger charge is 2.40. The summed E-state index contributed by atoms with van der Waals surface area (Å²) < 4.78 is 19.6. The van der Waals surface area contributed by atoms with E-state index in [4.69, 9.17) is 19.7 Å². The summed E-state index contributed by atoms with van der Waals surface area (Å²) in [5.74, 6) is 61.4. The van der Waals surface area contributed by atoms with Gasteiger partial charge in [0, 0.05) is 86.5 Å². The molecule has 2 unspecified atom stereocenters. The van der Waals surface area contributed by atoms with Crippen LogP contribution in [0.3, 0.4) is 0 Å². The molecule has 8 atom stereocenters. The first-order valence-electron chi connectivity index (χ1n) is 24.0. The summed E-state index contributed by atoms with van der Waals surface area (Å²) in [6, 6.07) is 9.43. The standard InChI is InChI=1S/C61H64N4O4.24H2/c1-7-9-11-13-15-17-19-21-22-23-24-25-26-27-28-29-30-31-33-35-37-39-44-48-59(66)64-57(51-68-61-55(6)53(4)54(5)58(69-61)49-63-65-62)60(67-50-56-46-42-40-43-47-56)52(3)45-41-38-36-34-32-20-18-16-14-12-10-8-2;;;;;;;;;;;;;;;;;;;;;;;;/h40,42-43,46-47,52-55,57-58,60-61H,8,10,12,14,16,18,20,32,34,36,38,41,45,49-51H2,1-6H3,(H,64,66);24*1H/t52-,53+,54-,55?,57+,58?,60-,61+;;;;;;;;;;;;;;;;;;;;;;;;/m1......................../s1. The van der Waals surface area contributed by atoms with Gasteiger partial charge in [-0.25, -0.2) is 0 Å². The number of unbranched alkanes of at least 4 members (excludes halogenated alkanes) is 11. The molecule has 1 heterocycles. The number of hydrogen-bond donors (Lipinski definition) is 1. The number of carbonyl (C=O) groups is 1. The van der Waals surface area contributed by atoms with E-state index in [1.807, 2.05) is 30.3 Å². The number of amides is 1. The van der Waals surface area contributed by atoms with E-state index >= 15 is 0 Å². The van der Waals surface area contributed by atoms with Gasteiger partial charge < -0.3 is 19.5 Å². The predicted octanol–water partition coefficient (Wildman–Crippen LogP) is 15.7. The van der Waals surface area contributed by atoms with Crippen LogP contribution in [0.1, 0.15) is 165 Å². The Morgan fingerprint density at radius 2 is 1.14 bits per heavy atom. The first-order chi connectivity index (χ1) is 33.8. The number of nitrogens with one attached hydrogen (secondary N) is 1. The van der Waals surface area contributed by atoms with E-state index in [0.717, 1.165) is 24.8 Å². The van der Waals surface area contributed by atoms with Gasteiger partial charge in [0.1, 0.15) is 0 Å². The highest BCUT2D eigenvalue weighted by atomic mass is 16.7. The Bertz CT molecular complexity index is 2690. The lowest BCUT2D eigenvalue weighted by molar-refractivity contribution is -0.249. The maximum Gasteiger partial charge on any atom is 0.297 e. The molecule has 69 heavy (non-hydrogen) atoms. The Morgan fingerprint density at radius 1 is 0.681 bits per heavy atom. The molecule has 1 saturated heterocycles. The summed E-state index contributed by atoms with van der Waals surface area (Å²) in [5.41, 5.74) is 10.0. The van der Waals surface area contributed by atoms with Crippen LogP contribution in [-0.2, 0) is 25.6 Å². The second kappa shape index (κ2) is 39.7. The summed E-state index contributed by atoms with van der Waals surface area (Å²) >= 11 is 0. The van der Waals surface area contributed by atoms with Crippen LogP contribution in [0, 0.1) is 166 Å². The molecule has 1 N–H and O–H groups in total. The minimum Gasteiger partial charge on any atom is -0.371 e. The Labute approximate surface area is 450 Å². The van der Waals surface area contributed by atoms with E-state index in [2.05, 4.69) is 192 Å². The monoisotopic (exact) mass is 965 g/mol. The Balaban J connectivity index is -0.0000000972. The number of benzene rings is 1. The molecular weight excluding hydrogens is 853 g/mol. The van der Waals surface area contributed by atoms with E-state index in [1.54, 1.807) is 6.92 Å². The van der Waals surface area contributed by atoms with Crippen LogP contribution in [0.15, 0.2) is 35.4 Å². The van der Waals surface area contributed by atoms with Crippen molar-refractivity contribution in [3.63, 3.8) is 0 Å². The quantitative estimate of drug-likeness (QED) is 0.0366. The molecule has 1 aliphatic heterocycles. The van der Waals surface area contributed by atoms with Crippen molar-refractivity contribution in [2.45, 2.75) is 156 Å². The normalized spacial score (nSPS) is 16.8. The second-order valence-electron chi connectivity index (χ2n) is 16.5. The summed E-state index contributed by atoms with van der Waals surface area (Å²) in [6.45, 7) is 13.2. The van der Waals surface area contributed by atoms with Crippen LogP contribution >= 0.6 is 0 Å².